The van der Waals surface area contributed by atoms with E-state index < -0.39 is 8.32 Å². The third-order valence-corrected chi connectivity index (χ3v) is 8.59. The lowest BCUT2D eigenvalue weighted by atomic mass is 10.2. The van der Waals surface area contributed by atoms with Crippen molar-refractivity contribution in [2.24, 2.45) is 0 Å². The average Bonchev–Trinajstić information content (AvgIpc) is 2.19. The number of rotatable bonds is 4. The lowest BCUT2D eigenvalue weighted by Gasteiger charge is -2.37. The Labute approximate surface area is 110 Å². The van der Waals surface area contributed by atoms with Gasteiger partial charge in [-0.05, 0) is 35.8 Å². The van der Waals surface area contributed by atoms with Crippen LogP contribution in [0.1, 0.15) is 26.3 Å². The molecule has 1 aromatic rings. The molecule has 0 aliphatic rings. The van der Waals surface area contributed by atoms with E-state index in [9.17, 15) is 0 Å². The van der Waals surface area contributed by atoms with E-state index in [4.69, 9.17) is 4.43 Å². The first-order valence-corrected chi connectivity index (χ1v) is 10.8. The summed E-state index contributed by atoms with van der Waals surface area (Å²) in [4.78, 5) is 0. The average molecular weight is 265 g/mol. The molecule has 0 bridgehead atoms. The number of para-hydroxylation sites is 1. The van der Waals surface area contributed by atoms with E-state index in [-0.39, 0.29) is 5.04 Å². The molecular formula is C14H24OSi2. The van der Waals surface area contributed by atoms with Gasteiger partial charge in [0.25, 0.3) is 0 Å². The third kappa shape index (κ3) is 3.71. The largest absolute Gasteiger partial charge is 0.543 e. The molecular weight excluding hydrogens is 240 g/mol. The highest BCUT2D eigenvalue weighted by Gasteiger charge is 2.39. The van der Waals surface area contributed by atoms with E-state index in [0.29, 0.717) is 0 Å². The summed E-state index contributed by atoms with van der Waals surface area (Å²) in [6.45, 7) is 13.7. The van der Waals surface area contributed by atoms with Crippen LogP contribution < -0.4 is 4.43 Å². The molecule has 2 radical (unpaired) electrons. The minimum atomic E-state index is -1.70. The van der Waals surface area contributed by atoms with Gasteiger partial charge in [-0.15, -0.1) is 0 Å². The van der Waals surface area contributed by atoms with Gasteiger partial charge in [-0.3, -0.25) is 0 Å². The molecule has 1 aromatic carbocycles. The third-order valence-electron chi connectivity index (χ3n) is 3.51. The van der Waals surface area contributed by atoms with E-state index in [1.54, 1.807) is 0 Å². The molecule has 0 atom stereocenters. The summed E-state index contributed by atoms with van der Waals surface area (Å²) in [5, 5.41) is 0.259. The van der Waals surface area contributed by atoms with Gasteiger partial charge in [-0.2, -0.15) is 0 Å². The lowest BCUT2D eigenvalue weighted by molar-refractivity contribution is 0.489. The minimum Gasteiger partial charge on any atom is -0.543 e. The summed E-state index contributed by atoms with van der Waals surface area (Å²) in [5.74, 6) is 1.11. The molecule has 0 heterocycles. The summed E-state index contributed by atoms with van der Waals surface area (Å²) in [7, 11) is -0.763. The van der Waals surface area contributed by atoms with Crippen molar-refractivity contribution in [1.82, 2.24) is 0 Å². The van der Waals surface area contributed by atoms with Crippen LogP contribution in [0.25, 0.3) is 0 Å². The molecule has 0 fully saturated rings. The Morgan fingerprint density at radius 1 is 1.18 bits per heavy atom. The van der Waals surface area contributed by atoms with Crippen LogP contribution in [0.2, 0.25) is 24.7 Å². The van der Waals surface area contributed by atoms with Crippen LogP contribution in [0.4, 0.5) is 0 Å². The topological polar surface area (TPSA) is 9.23 Å². The van der Waals surface area contributed by atoms with Gasteiger partial charge in [-0.25, -0.2) is 0 Å². The zero-order valence-corrected chi connectivity index (χ0v) is 13.9. The first-order chi connectivity index (χ1) is 7.78. The Hall–Kier alpha value is -0.546. The summed E-state index contributed by atoms with van der Waals surface area (Å²) in [6, 6.07) is 9.62. The second-order valence-electron chi connectivity index (χ2n) is 6.00. The summed E-state index contributed by atoms with van der Waals surface area (Å²) >= 11 is 0. The van der Waals surface area contributed by atoms with Crippen LogP contribution in [0.15, 0.2) is 24.3 Å². The molecule has 0 saturated carbocycles. The van der Waals surface area contributed by atoms with E-state index in [0.717, 1.165) is 21.3 Å². The molecule has 1 nitrogen and oxygen atoms in total. The molecule has 94 valence electrons. The van der Waals surface area contributed by atoms with Crippen molar-refractivity contribution in [3.8, 4) is 5.75 Å². The Bertz CT molecular complexity index is 367. The number of hydrogen-bond donors (Lipinski definition) is 0. The van der Waals surface area contributed by atoms with Gasteiger partial charge in [0.05, 0.1) is 0 Å². The van der Waals surface area contributed by atoms with Gasteiger partial charge < -0.3 is 4.43 Å². The zero-order valence-electron chi connectivity index (χ0n) is 11.9. The monoisotopic (exact) mass is 264 g/mol. The van der Waals surface area contributed by atoms with E-state index in [1.165, 1.54) is 5.56 Å². The second-order valence-corrected chi connectivity index (χ2v) is 11.8. The Balaban J connectivity index is 2.95. The normalized spacial score (nSPS) is 12.6. The fraction of sp³-hybridized carbons (Fsp3) is 0.571. The van der Waals surface area contributed by atoms with Crippen LogP contribution >= 0.6 is 0 Å². The first-order valence-electron chi connectivity index (χ1n) is 6.19. The minimum absolute atomic E-state index is 0.259. The predicted molar refractivity (Wildman–Crippen MR) is 79.6 cm³/mol. The first kappa shape index (κ1) is 14.5. The van der Waals surface area contributed by atoms with Crippen LogP contribution in [0, 0.1) is 0 Å². The van der Waals surface area contributed by atoms with E-state index >= 15 is 0 Å². The van der Waals surface area contributed by atoms with Crippen LogP contribution in [-0.2, 0) is 6.04 Å². The molecule has 3 heteroatoms. The maximum Gasteiger partial charge on any atom is 0.250 e. The summed E-state index contributed by atoms with van der Waals surface area (Å²) in [6.07, 6.45) is 0. The Morgan fingerprint density at radius 2 is 1.76 bits per heavy atom. The SMILES string of the molecule is C[Si]Cc1ccccc1O[Si](C)(C)C(C)(C)C. The van der Waals surface area contributed by atoms with Gasteiger partial charge in [0, 0.05) is 9.52 Å². The maximum absolute atomic E-state index is 6.39. The lowest BCUT2D eigenvalue weighted by Crippen LogP contribution is -2.44. The molecule has 0 unspecified atom stereocenters. The summed E-state index contributed by atoms with van der Waals surface area (Å²) < 4.78 is 6.39. The van der Waals surface area contributed by atoms with Crippen molar-refractivity contribution < 1.29 is 4.43 Å². The molecule has 17 heavy (non-hydrogen) atoms. The van der Waals surface area contributed by atoms with Gasteiger partial charge in [0.1, 0.15) is 5.75 Å². The molecule has 0 amide bonds. The van der Waals surface area contributed by atoms with Crippen molar-refractivity contribution >= 4 is 17.8 Å². The fourth-order valence-corrected chi connectivity index (χ4v) is 3.10. The van der Waals surface area contributed by atoms with Crippen LogP contribution in [0.3, 0.4) is 0 Å². The smallest absolute Gasteiger partial charge is 0.250 e. The van der Waals surface area contributed by atoms with E-state index in [2.05, 4.69) is 64.7 Å². The van der Waals surface area contributed by atoms with Gasteiger partial charge >= 0.3 is 0 Å². The van der Waals surface area contributed by atoms with Crippen molar-refractivity contribution in [2.45, 2.75) is 51.5 Å². The van der Waals surface area contributed by atoms with Gasteiger partial charge in [0.15, 0.2) is 0 Å². The second kappa shape index (κ2) is 5.40. The molecule has 0 aromatic heterocycles. The summed E-state index contributed by atoms with van der Waals surface area (Å²) in [5.41, 5.74) is 1.36. The van der Waals surface area contributed by atoms with Gasteiger partial charge in [-0.1, -0.05) is 45.5 Å². The van der Waals surface area contributed by atoms with Crippen molar-refractivity contribution in [3.05, 3.63) is 29.8 Å². The van der Waals surface area contributed by atoms with Crippen molar-refractivity contribution in [1.29, 1.82) is 0 Å². The quantitative estimate of drug-likeness (QED) is 0.736. The highest BCUT2D eigenvalue weighted by molar-refractivity contribution is 6.74. The van der Waals surface area contributed by atoms with E-state index in [1.807, 2.05) is 0 Å². The molecule has 0 spiro atoms. The maximum atomic E-state index is 6.39. The van der Waals surface area contributed by atoms with Crippen molar-refractivity contribution in [2.75, 3.05) is 0 Å². The highest BCUT2D eigenvalue weighted by atomic mass is 28.4. The Kier molecular flexibility index (Phi) is 4.61. The molecule has 0 aliphatic heterocycles. The predicted octanol–water partition coefficient (Wildman–Crippen LogP) is 4.32. The Morgan fingerprint density at radius 3 is 2.29 bits per heavy atom. The molecule has 0 saturated heterocycles. The molecule has 0 aliphatic carbocycles. The molecule has 1 rings (SSSR count). The molecule has 0 N–H and O–H groups in total. The standard InChI is InChI=1S/C14H24OSi2/c1-14(2,3)17(5,6)15-13-10-8-7-9-12(13)11-16-4/h7-10H,11H2,1-6H3. The van der Waals surface area contributed by atoms with Crippen molar-refractivity contribution in [3.63, 3.8) is 0 Å². The van der Waals surface area contributed by atoms with Crippen LogP contribution in [0.5, 0.6) is 5.75 Å². The highest BCUT2D eigenvalue weighted by Crippen LogP contribution is 2.38. The van der Waals surface area contributed by atoms with Crippen LogP contribution in [-0.4, -0.2) is 17.8 Å². The zero-order chi connectivity index (χ0) is 13.1. The fourth-order valence-electron chi connectivity index (χ4n) is 1.37. The number of benzene rings is 1. The number of hydrogen-bond acceptors (Lipinski definition) is 1. The van der Waals surface area contributed by atoms with Gasteiger partial charge in [0.2, 0.25) is 8.32 Å².